The zero-order valence-corrected chi connectivity index (χ0v) is 14.8. The maximum atomic E-state index is 12.0. The van der Waals surface area contributed by atoms with Crippen LogP contribution >= 0.6 is 11.6 Å². The molecule has 2 aromatic rings. The summed E-state index contributed by atoms with van der Waals surface area (Å²) in [6.07, 6.45) is 0.317. The smallest absolute Gasteiger partial charge is 0.223 e. The number of benzene rings is 2. The van der Waals surface area contributed by atoms with E-state index in [1.165, 1.54) is 5.56 Å². The third-order valence-corrected chi connectivity index (χ3v) is 3.96. The lowest BCUT2D eigenvalue weighted by atomic mass is 10.1. The van der Waals surface area contributed by atoms with Crippen LogP contribution in [0.1, 0.15) is 18.0 Å². The lowest BCUT2D eigenvalue weighted by Crippen LogP contribution is -2.35. The van der Waals surface area contributed by atoms with E-state index in [0.717, 1.165) is 0 Å². The molecule has 0 bridgehead atoms. The largest absolute Gasteiger partial charge is 0.493 e. The van der Waals surface area contributed by atoms with Crippen molar-refractivity contribution in [3.63, 3.8) is 0 Å². The Morgan fingerprint density at radius 2 is 1.79 bits per heavy atom. The number of halogens is 1. The van der Waals surface area contributed by atoms with Gasteiger partial charge in [-0.05, 0) is 43.9 Å². The highest BCUT2D eigenvalue weighted by atomic mass is 35.5. The van der Waals surface area contributed by atoms with Gasteiger partial charge in [0.05, 0.1) is 19.1 Å². The molecule has 2 aromatic carbocycles. The molecule has 24 heavy (non-hydrogen) atoms. The molecule has 0 aliphatic carbocycles. The number of hydrogen-bond acceptors (Lipinski definition) is 3. The highest BCUT2D eigenvalue weighted by Gasteiger charge is 2.14. The van der Waals surface area contributed by atoms with Gasteiger partial charge < -0.3 is 15.0 Å². The number of carbonyl (C=O) groups excluding carboxylic acids is 1. The average molecular weight is 347 g/mol. The van der Waals surface area contributed by atoms with Crippen LogP contribution in [0.25, 0.3) is 0 Å². The third-order valence-electron chi connectivity index (χ3n) is 3.71. The highest BCUT2D eigenvalue weighted by Crippen LogP contribution is 2.17. The third kappa shape index (κ3) is 5.87. The molecule has 0 saturated carbocycles. The van der Waals surface area contributed by atoms with Gasteiger partial charge in [-0.1, -0.05) is 41.9 Å². The van der Waals surface area contributed by atoms with E-state index in [0.29, 0.717) is 30.3 Å². The van der Waals surface area contributed by atoms with E-state index in [4.69, 9.17) is 16.3 Å². The summed E-state index contributed by atoms with van der Waals surface area (Å²) in [5.41, 5.74) is 1.18. The van der Waals surface area contributed by atoms with Crippen LogP contribution in [0.5, 0.6) is 5.75 Å². The van der Waals surface area contributed by atoms with Gasteiger partial charge in [0.1, 0.15) is 5.75 Å². The lowest BCUT2D eigenvalue weighted by molar-refractivity contribution is -0.121. The second kappa shape index (κ2) is 9.30. The minimum Gasteiger partial charge on any atom is -0.493 e. The maximum Gasteiger partial charge on any atom is 0.223 e. The fourth-order valence-electron chi connectivity index (χ4n) is 2.37. The topological polar surface area (TPSA) is 41.6 Å². The van der Waals surface area contributed by atoms with Gasteiger partial charge in [0.25, 0.3) is 0 Å². The molecule has 0 saturated heterocycles. The number of amides is 1. The quantitative estimate of drug-likeness (QED) is 0.795. The molecule has 0 spiro atoms. The summed E-state index contributed by atoms with van der Waals surface area (Å²) in [6, 6.07) is 17.4. The molecule has 2 rings (SSSR count). The van der Waals surface area contributed by atoms with Crippen molar-refractivity contribution in [2.45, 2.75) is 12.5 Å². The molecule has 5 heteroatoms. The SMILES string of the molecule is CN(C)C(CNC(=O)CCOc1ccc(Cl)cc1)c1ccccc1. The van der Waals surface area contributed by atoms with E-state index in [1.807, 2.05) is 32.3 Å². The minimum absolute atomic E-state index is 0.0215. The van der Waals surface area contributed by atoms with Crippen molar-refractivity contribution in [2.75, 3.05) is 27.2 Å². The fourth-order valence-corrected chi connectivity index (χ4v) is 2.49. The molecule has 128 valence electrons. The maximum absolute atomic E-state index is 12.0. The molecule has 0 fully saturated rings. The van der Waals surface area contributed by atoms with Crippen molar-refractivity contribution < 1.29 is 9.53 Å². The Balaban J connectivity index is 1.76. The first-order valence-electron chi connectivity index (χ1n) is 7.92. The summed E-state index contributed by atoms with van der Waals surface area (Å²) in [5.74, 6) is 0.689. The summed E-state index contributed by atoms with van der Waals surface area (Å²) in [6.45, 7) is 0.905. The van der Waals surface area contributed by atoms with Crippen LogP contribution in [-0.2, 0) is 4.79 Å². The van der Waals surface area contributed by atoms with Gasteiger partial charge in [0.15, 0.2) is 0 Å². The molecule has 1 unspecified atom stereocenters. The van der Waals surface area contributed by atoms with E-state index in [9.17, 15) is 4.79 Å². The van der Waals surface area contributed by atoms with Crippen molar-refractivity contribution in [3.05, 3.63) is 65.2 Å². The van der Waals surface area contributed by atoms with Crippen LogP contribution in [0.2, 0.25) is 5.02 Å². The van der Waals surface area contributed by atoms with Crippen molar-refractivity contribution in [2.24, 2.45) is 0 Å². The first-order valence-corrected chi connectivity index (χ1v) is 8.30. The summed E-state index contributed by atoms with van der Waals surface area (Å²) in [4.78, 5) is 14.1. The van der Waals surface area contributed by atoms with Crippen LogP contribution in [0.3, 0.4) is 0 Å². The molecule has 1 amide bonds. The van der Waals surface area contributed by atoms with Gasteiger partial charge >= 0.3 is 0 Å². The van der Waals surface area contributed by atoms with E-state index in [1.54, 1.807) is 24.3 Å². The second-order valence-electron chi connectivity index (χ2n) is 5.75. The first kappa shape index (κ1) is 18.3. The molecule has 0 radical (unpaired) electrons. The first-order chi connectivity index (χ1) is 11.6. The van der Waals surface area contributed by atoms with Gasteiger partial charge in [-0.25, -0.2) is 0 Å². The second-order valence-corrected chi connectivity index (χ2v) is 6.18. The van der Waals surface area contributed by atoms with E-state index < -0.39 is 0 Å². The fraction of sp³-hybridized carbons (Fsp3) is 0.316. The molecule has 0 aliphatic rings. The Hall–Kier alpha value is -2.04. The van der Waals surface area contributed by atoms with Gasteiger partial charge in [-0.2, -0.15) is 0 Å². The highest BCUT2D eigenvalue weighted by molar-refractivity contribution is 6.30. The van der Waals surface area contributed by atoms with Crippen molar-refractivity contribution in [1.29, 1.82) is 0 Å². The van der Waals surface area contributed by atoms with Crippen LogP contribution in [0.4, 0.5) is 0 Å². The summed E-state index contributed by atoms with van der Waals surface area (Å²) in [5, 5.41) is 3.64. The van der Waals surface area contributed by atoms with E-state index >= 15 is 0 Å². The Morgan fingerprint density at radius 3 is 2.42 bits per heavy atom. The Bertz CT molecular complexity index is 630. The molecule has 0 heterocycles. The lowest BCUT2D eigenvalue weighted by Gasteiger charge is -2.25. The van der Waals surface area contributed by atoms with Gasteiger partial charge in [-0.3, -0.25) is 4.79 Å². The predicted octanol–water partition coefficient (Wildman–Crippen LogP) is 3.53. The summed E-state index contributed by atoms with van der Waals surface area (Å²) < 4.78 is 5.54. The van der Waals surface area contributed by atoms with E-state index in [-0.39, 0.29) is 11.9 Å². The van der Waals surface area contributed by atoms with Crippen LogP contribution in [0.15, 0.2) is 54.6 Å². The molecular formula is C19H23ClN2O2. The Labute approximate surface area is 148 Å². The number of likely N-dealkylation sites (N-methyl/N-ethyl adjacent to an activating group) is 1. The van der Waals surface area contributed by atoms with Crippen LogP contribution < -0.4 is 10.1 Å². The molecule has 0 aromatic heterocycles. The zero-order valence-electron chi connectivity index (χ0n) is 14.0. The summed E-state index contributed by atoms with van der Waals surface area (Å²) >= 11 is 5.82. The number of nitrogens with one attached hydrogen (secondary N) is 1. The van der Waals surface area contributed by atoms with Crippen molar-refractivity contribution in [1.82, 2.24) is 10.2 Å². The molecule has 1 atom stereocenters. The monoisotopic (exact) mass is 346 g/mol. The summed E-state index contributed by atoms with van der Waals surface area (Å²) in [7, 11) is 4.01. The normalized spacial score (nSPS) is 12.0. The number of rotatable bonds is 8. The minimum atomic E-state index is -0.0215. The zero-order chi connectivity index (χ0) is 17.4. The molecule has 4 nitrogen and oxygen atoms in total. The van der Waals surface area contributed by atoms with Gasteiger partial charge in [0.2, 0.25) is 5.91 Å². The van der Waals surface area contributed by atoms with Crippen molar-refractivity contribution >= 4 is 17.5 Å². The van der Waals surface area contributed by atoms with Crippen molar-refractivity contribution in [3.8, 4) is 5.75 Å². The standard InChI is InChI=1S/C19H23ClN2O2/c1-22(2)18(15-6-4-3-5-7-15)14-21-19(23)12-13-24-17-10-8-16(20)9-11-17/h3-11,18H,12-14H2,1-2H3,(H,21,23). The van der Waals surface area contributed by atoms with E-state index in [2.05, 4.69) is 22.3 Å². The molecule has 1 N–H and O–H groups in total. The number of carbonyl (C=O) groups is 1. The van der Waals surface area contributed by atoms with Crippen LogP contribution in [-0.4, -0.2) is 38.1 Å². The van der Waals surface area contributed by atoms with Crippen LogP contribution in [0, 0.1) is 0 Å². The van der Waals surface area contributed by atoms with Gasteiger partial charge in [0, 0.05) is 11.6 Å². The Morgan fingerprint density at radius 1 is 1.12 bits per heavy atom. The Kier molecular flexibility index (Phi) is 7.09. The number of ether oxygens (including phenoxy) is 1. The average Bonchev–Trinajstić information content (AvgIpc) is 2.57. The van der Waals surface area contributed by atoms with Gasteiger partial charge in [-0.15, -0.1) is 0 Å². The molecule has 0 aliphatic heterocycles. The molecular weight excluding hydrogens is 324 g/mol. The number of nitrogens with zero attached hydrogens (tertiary/aromatic N) is 1. The number of hydrogen-bond donors (Lipinski definition) is 1. The predicted molar refractivity (Wildman–Crippen MR) is 97.4 cm³/mol.